The Morgan fingerprint density at radius 2 is 1.92 bits per heavy atom. The van der Waals surface area contributed by atoms with Gasteiger partial charge in [0.25, 0.3) is 5.88 Å². The summed E-state index contributed by atoms with van der Waals surface area (Å²) in [6.45, 7) is 7.56. The highest BCUT2D eigenvalue weighted by atomic mass is 16.5. The quantitative estimate of drug-likeness (QED) is 0.347. The van der Waals surface area contributed by atoms with Gasteiger partial charge in [0.2, 0.25) is 11.9 Å². The number of ether oxygens (including phenoxy) is 1. The number of fused-ring (bicyclic) bond motifs is 1. The molecular formula is C25H32N10O2. The van der Waals surface area contributed by atoms with E-state index < -0.39 is 0 Å². The Kier molecular flexibility index (Phi) is 6.76. The maximum absolute atomic E-state index is 13.1. The molecule has 37 heavy (non-hydrogen) atoms. The SMILES string of the molecule is COc1nn(C)cc1Nc1ncc(C)c(-c2c[nH]c3c(NC(=O)[C@H](C)N4CCN(C)CC4)cncc23)n1. The van der Waals surface area contributed by atoms with Gasteiger partial charge in [-0.05, 0) is 26.5 Å². The summed E-state index contributed by atoms with van der Waals surface area (Å²) in [6.07, 6.45) is 8.90. The van der Waals surface area contributed by atoms with E-state index in [1.54, 1.807) is 36.6 Å². The molecule has 194 valence electrons. The highest BCUT2D eigenvalue weighted by Gasteiger charge is 2.25. The number of nitrogens with one attached hydrogen (secondary N) is 3. The number of aryl methyl sites for hydroxylation is 2. The first kappa shape index (κ1) is 24.7. The molecule has 5 heterocycles. The smallest absolute Gasteiger partial charge is 0.256 e. The van der Waals surface area contributed by atoms with Crippen LogP contribution in [0.2, 0.25) is 0 Å². The first-order chi connectivity index (χ1) is 17.8. The van der Waals surface area contributed by atoms with Gasteiger partial charge >= 0.3 is 0 Å². The molecule has 0 aromatic carbocycles. The second kappa shape index (κ2) is 10.1. The molecule has 3 N–H and O–H groups in total. The van der Waals surface area contributed by atoms with Gasteiger partial charge in [-0.2, -0.15) is 0 Å². The van der Waals surface area contributed by atoms with E-state index in [2.05, 4.69) is 47.5 Å². The fourth-order valence-corrected chi connectivity index (χ4v) is 4.55. The molecule has 12 nitrogen and oxygen atoms in total. The van der Waals surface area contributed by atoms with E-state index in [1.807, 2.05) is 27.1 Å². The number of H-pyrrole nitrogens is 1. The van der Waals surface area contributed by atoms with E-state index in [1.165, 1.54) is 0 Å². The number of pyridine rings is 1. The lowest BCUT2D eigenvalue weighted by Crippen LogP contribution is -2.51. The van der Waals surface area contributed by atoms with Crippen LogP contribution < -0.4 is 15.4 Å². The van der Waals surface area contributed by atoms with Crippen molar-refractivity contribution in [2.45, 2.75) is 19.9 Å². The van der Waals surface area contributed by atoms with Crippen molar-refractivity contribution in [3.05, 3.63) is 36.5 Å². The Morgan fingerprint density at radius 1 is 1.14 bits per heavy atom. The summed E-state index contributed by atoms with van der Waals surface area (Å²) in [5.41, 5.74) is 4.63. The largest absolute Gasteiger partial charge is 0.478 e. The first-order valence-electron chi connectivity index (χ1n) is 12.2. The number of carbonyl (C=O) groups excluding carboxylic acids is 1. The summed E-state index contributed by atoms with van der Waals surface area (Å²) in [5, 5.41) is 11.4. The number of nitrogens with zero attached hydrogens (tertiary/aromatic N) is 7. The molecule has 1 saturated heterocycles. The average molecular weight is 505 g/mol. The van der Waals surface area contributed by atoms with E-state index in [-0.39, 0.29) is 11.9 Å². The zero-order chi connectivity index (χ0) is 26.1. The van der Waals surface area contributed by atoms with Gasteiger partial charge in [0, 0.05) is 62.8 Å². The maximum atomic E-state index is 13.1. The Balaban J connectivity index is 1.40. The maximum Gasteiger partial charge on any atom is 0.256 e. The molecule has 0 spiro atoms. The van der Waals surface area contributed by atoms with Crippen LogP contribution in [0.15, 0.2) is 31.0 Å². The van der Waals surface area contributed by atoms with Crippen molar-refractivity contribution < 1.29 is 9.53 Å². The van der Waals surface area contributed by atoms with Crippen LogP contribution in [-0.2, 0) is 11.8 Å². The molecule has 1 aliphatic rings. The molecule has 0 saturated carbocycles. The highest BCUT2D eigenvalue weighted by molar-refractivity contribution is 6.06. The third-order valence-electron chi connectivity index (χ3n) is 6.78. The zero-order valence-corrected chi connectivity index (χ0v) is 21.7. The molecule has 0 aliphatic carbocycles. The number of aromatic amines is 1. The van der Waals surface area contributed by atoms with Crippen LogP contribution in [0.1, 0.15) is 12.5 Å². The highest BCUT2D eigenvalue weighted by Crippen LogP contribution is 2.33. The molecule has 1 amide bonds. The van der Waals surface area contributed by atoms with Gasteiger partial charge in [-0.25, -0.2) is 9.97 Å². The van der Waals surface area contributed by atoms with Crippen LogP contribution in [0, 0.1) is 6.92 Å². The number of hydrogen-bond donors (Lipinski definition) is 3. The van der Waals surface area contributed by atoms with Crippen LogP contribution in [0.3, 0.4) is 0 Å². The minimum atomic E-state index is -0.236. The molecular weight excluding hydrogens is 472 g/mol. The van der Waals surface area contributed by atoms with Crippen LogP contribution in [-0.4, -0.2) is 91.8 Å². The van der Waals surface area contributed by atoms with E-state index in [4.69, 9.17) is 9.72 Å². The molecule has 0 bridgehead atoms. The van der Waals surface area contributed by atoms with Crippen LogP contribution in [0.5, 0.6) is 5.88 Å². The van der Waals surface area contributed by atoms with Gasteiger partial charge in [0.15, 0.2) is 0 Å². The molecule has 0 radical (unpaired) electrons. The fourth-order valence-electron chi connectivity index (χ4n) is 4.55. The lowest BCUT2D eigenvalue weighted by Gasteiger charge is -2.35. The van der Waals surface area contributed by atoms with Gasteiger partial charge in [-0.15, -0.1) is 5.10 Å². The first-order valence-corrected chi connectivity index (χ1v) is 12.2. The van der Waals surface area contributed by atoms with Gasteiger partial charge in [0.1, 0.15) is 5.69 Å². The monoisotopic (exact) mass is 504 g/mol. The van der Waals surface area contributed by atoms with Crippen molar-refractivity contribution >= 4 is 34.1 Å². The minimum absolute atomic E-state index is 0.0508. The predicted molar refractivity (Wildman–Crippen MR) is 142 cm³/mol. The molecule has 1 aliphatic heterocycles. The molecule has 12 heteroatoms. The van der Waals surface area contributed by atoms with E-state index in [0.29, 0.717) is 23.2 Å². The molecule has 1 atom stereocenters. The Morgan fingerprint density at radius 3 is 2.68 bits per heavy atom. The lowest BCUT2D eigenvalue weighted by atomic mass is 10.1. The van der Waals surface area contributed by atoms with Crippen LogP contribution in [0.4, 0.5) is 17.3 Å². The molecule has 1 fully saturated rings. The van der Waals surface area contributed by atoms with Gasteiger partial charge < -0.3 is 25.3 Å². The topological polar surface area (TPSA) is 129 Å². The van der Waals surface area contributed by atoms with Crippen molar-refractivity contribution in [1.29, 1.82) is 0 Å². The standard InChI is InChI=1S/C25H32N10O2/c1-15-10-28-25(30-20-14-34(4)32-24(20)37-5)31-21(15)18-12-27-22-17(18)11-26-13-19(22)29-23(36)16(2)35-8-6-33(3)7-9-35/h10-14,16,27H,6-9H2,1-5H3,(H,29,36)(H,28,30,31)/t16-/m0/s1. The van der Waals surface area contributed by atoms with Crippen molar-refractivity contribution in [3.8, 4) is 17.1 Å². The summed E-state index contributed by atoms with van der Waals surface area (Å²) in [7, 11) is 5.48. The third-order valence-corrected chi connectivity index (χ3v) is 6.78. The number of hydrogen-bond acceptors (Lipinski definition) is 9. The number of methoxy groups -OCH3 is 1. The van der Waals surface area contributed by atoms with E-state index in [9.17, 15) is 4.79 Å². The van der Waals surface area contributed by atoms with Crippen molar-refractivity contribution in [2.75, 3.05) is 51.0 Å². The third kappa shape index (κ3) is 4.98. The van der Waals surface area contributed by atoms with Crippen LogP contribution in [0.25, 0.3) is 22.2 Å². The van der Waals surface area contributed by atoms with Gasteiger partial charge in [-0.1, -0.05) is 0 Å². The van der Waals surface area contributed by atoms with E-state index in [0.717, 1.165) is 53.9 Å². The summed E-state index contributed by atoms with van der Waals surface area (Å²) >= 11 is 0. The number of likely N-dealkylation sites (N-methyl/N-ethyl adjacent to an activating group) is 1. The molecule has 5 rings (SSSR count). The average Bonchev–Trinajstić information content (AvgIpc) is 3.48. The Labute approximate surface area is 215 Å². The number of amides is 1. The summed E-state index contributed by atoms with van der Waals surface area (Å²) in [6, 6.07) is -0.236. The summed E-state index contributed by atoms with van der Waals surface area (Å²) in [5.74, 6) is 0.820. The zero-order valence-electron chi connectivity index (χ0n) is 21.7. The number of carbonyl (C=O) groups is 1. The minimum Gasteiger partial charge on any atom is -0.478 e. The van der Waals surface area contributed by atoms with Crippen LogP contribution >= 0.6 is 0 Å². The summed E-state index contributed by atoms with van der Waals surface area (Å²) < 4.78 is 6.98. The summed E-state index contributed by atoms with van der Waals surface area (Å²) in [4.78, 5) is 34.5. The van der Waals surface area contributed by atoms with Crippen molar-refractivity contribution in [3.63, 3.8) is 0 Å². The number of rotatable bonds is 7. The second-order valence-corrected chi connectivity index (χ2v) is 9.39. The Hall–Kier alpha value is -4.03. The number of aromatic nitrogens is 6. The van der Waals surface area contributed by atoms with Crippen molar-refractivity contribution in [1.82, 2.24) is 39.5 Å². The van der Waals surface area contributed by atoms with Crippen molar-refractivity contribution in [2.24, 2.45) is 7.05 Å². The number of anilines is 3. The normalized spacial score (nSPS) is 15.6. The Bertz CT molecular complexity index is 1420. The molecule has 4 aromatic rings. The molecule has 0 unspecified atom stereocenters. The predicted octanol–water partition coefficient (Wildman–Crippen LogP) is 2.39. The lowest BCUT2D eigenvalue weighted by molar-refractivity contribution is -0.121. The fraction of sp³-hybridized carbons (Fsp3) is 0.400. The van der Waals surface area contributed by atoms with Gasteiger partial charge in [-0.3, -0.25) is 19.4 Å². The van der Waals surface area contributed by atoms with E-state index >= 15 is 0 Å². The molecule has 4 aromatic heterocycles. The second-order valence-electron chi connectivity index (χ2n) is 9.39. The number of piperazine rings is 1. The van der Waals surface area contributed by atoms with Gasteiger partial charge in [0.05, 0.1) is 42.4 Å².